The number of fused-ring (bicyclic) bond motifs is 1. The fraction of sp³-hybridized carbons (Fsp3) is 1.00. The van der Waals surface area contributed by atoms with E-state index in [2.05, 4.69) is 0 Å². The van der Waals surface area contributed by atoms with Gasteiger partial charge < -0.3 is 24.1 Å². The highest BCUT2D eigenvalue weighted by atomic mass is 16.8. The lowest BCUT2D eigenvalue weighted by molar-refractivity contribution is -0.224. The molecule has 2 fully saturated rings. The summed E-state index contributed by atoms with van der Waals surface area (Å²) in [6, 6.07) is 0. The molecule has 1 N–H and O–H groups in total. The Labute approximate surface area is 82.9 Å². The second-order valence-corrected chi connectivity index (χ2v) is 4.09. The van der Waals surface area contributed by atoms with E-state index >= 15 is 0 Å². The van der Waals surface area contributed by atoms with Crippen molar-refractivity contribution in [3.8, 4) is 0 Å². The van der Waals surface area contributed by atoms with Crippen molar-refractivity contribution >= 4 is 0 Å². The van der Waals surface area contributed by atoms with E-state index in [0.29, 0.717) is 6.61 Å². The van der Waals surface area contributed by atoms with Crippen LogP contribution in [-0.4, -0.2) is 49.2 Å². The summed E-state index contributed by atoms with van der Waals surface area (Å²) in [5.41, 5.74) is 0. The van der Waals surface area contributed by atoms with E-state index in [-0.39, 0.29) is 12.2 Å². The Kier molecular flexibility index (Phi) is 2.53. The zero-order valence-electron chi connectivity index (χ0n) is 8.60. The number of hydrogen-bond donors (Lipinski definition) is 1. The Hall–Kier alpha value is -0.200. The van der Waals surface area contributed by atoms with Crippen molar-refractivity contribution in [1.82, 2.24) is 0 Å². The molecule has 0 aliphatic carbocycles. The number of hydrogen-bond acceptors (Lipinski definition) is 5. The van der Waals surface area contributed by atoms with Crippen LogP contribution in [0.3, 0.4) is 0 Å². The van der Waals surface area contributed by atoms with Crippen LogP contribution in [0.25, 0.3) is 0 Å². The topological polar surface area (TPSA) is 57.2 Å². The van der Waals surface area contributed by atoms with Gasteiger partial charge in [-0.05, 0) is 13.8 Å². The van der Waals surface area contributed by atoms with E-state index in [0.717, 1.165) is 0 Å². The van der Waals surface area contributed by atoms with Crippen molar-refractivity contribution in [2.24, 2.45) is 0 Å². The number of methoxy groups -OCH3 is 1. The van der Waals surface area contributed by atoms with E-state index in [1.54, 1.807) is 7.11 Å². The fourth-order valence-corrected chi connectivity index (χ4v) is 1.96. The van der Waals surface area contributed by atoms with Crippen molar-refractivity contribution in [2.75, 3.05) is 13.7 Å². The van der Waals surface area contributed by atoms with Gasteiger partial charge in [0.2, 0.25) is 0 Å². The summed E-state index contributed by atoms with van der Waals surface area (Å²) >= 11 is 0. The summed E-state index contributed by atoms with van der Waals surface area (Å²) in [6.07, 6.45) is -1.80. The summed E-state index contributed by atoms with van der Waals surface area (Å²) in [5.74, 6) is -0.647. The fourth-order valence-electron chi connectivity index (χ4n) is 1.96. The molecule has 0 aromatic rings. The quantitative estimate of drug-likeness (QED) is 0.679. The van der Waals surface area contributed by atoms with Crippen LogP contribution in [0, 0.1) is 0 Å². The first kappa shape index (κ1) is 10.3. The molecule has 1 unspecified atom stereocenters. The molecule has 2 rings (SSSR count). The Balaban J connectivity index is 2.07. The maximum absolute atomic E-state index is 9.55. The van der Waals surface area contributed by atoms with Crippen LogP contribution in [0.5, 0.6) is 0 Å². The van der Waals surface area contributed by atoms with Crippen LogP contribution < -0.4 is 0 Å². The van der Waals surface area contributed by atoms with Crippen molar-refractivity contribution in [3.05, 3.63) is 0 Å². The molecule has 14 heavy (non-hydrogen) atoms. The van der Waals surface area contributed by atoms with Gasteiger partial charge in [0, 0.05) is 7.11 Å². The highest BCUT2D eigenvalue weighted by Crippen LogP contribution is 2.37. The van der Waals surface area contributed by atoms with Crippen LogP contribution in [0.1, 0.15) is 13.8 Å². The standard InChI is InChI=1S/C9H16O5/c1-9(2)13-6-5(4-11-3)12-8(10)7(6)14-9/h5-8,10H,4H2,1-3H3/t5-,6-,7-,8?/m1/s1. The largest absolute Gasteiger partial charge is 0.382 e. The smallest absolute Gasteiger partial charge is 0.184 e. The molecule has 2 aliphatic rings. The first-order valence-electron chi connectivity index (χ1n) is 4.71. The molecule has 0 aromatic carbocycles. The molecular weight excluding hydrogens is 188 g/mol. The molecule has 0 spiro atoms. The van der Waals surface area contributed by atoms with Crippen molar-refractivity contribution in [3.63, 3.8) is 0 Å². The SMILES string of the molecule is COC[C@H]1OC(O)[C@@H]2OC(C)(C)O[C@H]12. The summed E-state index contributed by atoms with van der Waals surface area (Å²) in [6.45, 7) is 4.04. The minimum Gasteiger partial charge on any atom is -0.382 e. The van der Waals surface area contributed by atoms with E-state index in [1.165, 1.54) is 0 Å². The highest BCUT2D eigenvalue weighted by Gasteiger charge is 2.54. The molecule has 2 heterocycles. The predicted octanol–water partition coefficient (Wildman–Crippen LogP) is -0.130. The molecule has 0 saturated carbocycles. The molecule has 82 valence electrons. The Morgan fingerprint density at radius 2 is 1.93 bits per heavy atom. The van der Waals surface area contributed by atoms with Gasteiger partial charge >= 0.3 is 0 Å². The third-order valence-electron chi connectivity index (χ3n) is 2.46. The zero-order valence-corrected chi connectivity index (χ0v) is 8.60. The molecule has 5 heteroatoms. The molecule has 0 radical (unpaired) electrons. The van der Waals surface area contributed by atoms with Crippen molar-refractivity contribution in [2.45, 2.75) is 44.2 Å². The molecule has 5 nitrogen and oxygen atoms in total. The van der Waals surface area contributed by atoms with Gasteiger partial charge in [-0.1, -0.05) is 0 Å². The van der Waals surface area contributed by atoms with Crippen LogP contribution in [0.2, 0.25) is 0 Å². The molecule has 2 saturated heterocycles. The second kappa shape index (κ2) is 3.43. The summed E-state index contributed by atoms with van der Waals surface area (Å²) in [5, 5.41) is 9.55. The van der Waals surface area contributed by atoms with E-state index in [9.17, 15) is 5.11 Å². The molecule has 0 amide bonds. The van der Waals surface area contributed by atoms with Gasteiger partial charge in [-0.2, -0.15) is 0 Å². The number of rotatable bonds is 2. The second-order valence-electron chi connectivity index (χ2n) is 4.09. The number of ether oxygens (including phenoxy) is 4. The summed E-state index contributed by atoms with van der Waals surface area (Å²) in [4.78, 5) is 0. The van der Waals surface area contributed by atoms with Gasteiger partial charge in [0.05, 0.1) is 6.61 Å². The molecular formula is C9H16O5. The molecule has 2 aliphatic heterocycles. The van der Waals surface area contributed by atoms with Gasteiger partial charge in [0.1, 0.15) is 18.3 Å². The minimum absolute atomic E-state index is 0.236. The third kappa shape index (κ3) is 1.66. The highest BCUT2D eigenvalue weighted by molar-refractivity contribution is 4.94. The first-order valence-corrected chi connectivity index (χ1v) is 4.71. The lowest BCUT2D eigenvalue weighted by Crippen LogP contribution is -2.32. The molecule has 0 aromatic heterocycles. The van der Waals surface area contributed by atoms with E-state index in [4.69, 9.17) is 18.9 Å². The molecule has 0 bridgehead atoms. The van der Waals surface area contributed by atoms with Crippen molar-refractivity contribution < 1.29 is 24.1 Å². The summed E-state index contributed by atoms with van der Waals surface area (Å²) < 4.78 is 21.4. The number of aliphatic hydroxyl groups excluding tert-OH is 1. The van der Waals surface area contributed by atoms with Gasteiger partial charge in [-0.15, -0.1) is 0 Å². The van der Waals surface area contributed by atoms with Gasteiger partial charge in [0.25, 0.3) is 0 Å². The predicted molar refractivity (Wildman–Crippen MR) is 46.6 cm³/mol. The Morgan fingerprint density at radius 3 is 2.57 bits per heavy atom. The monoisotopic (exact) mass is 204 g/mol. The first-order chi connectivity index (χ1) is 6.53. The van der Waals surface area contributed by atoms with Crippen molar-refractivity contribution in [1.29, 1.82) is 0 Å². The molecule has 4 atom stereocenters. The zero-order chi connectivity index (χ0) is 10.3. The van der Waals surface area contributed by atoms with Crippen LogP contribution >= 0.6 is 0 Å². The Morgan fingerprint density at radius 1 is 1.29 bits per heavy atom. The third-order valence-corrected chi connectivity index (χ3v) is 2.46. The van der Waals surface area contributed by atoms with E-state index < -0.39 is 18.2 Å². The van der Waals surface area contributed by atoms with Gasteiger partial charge in [0.15, 0.2) is 12.1 Å². The van der Waals surface area contributed by atoms with Crippen LogP contribution in [0.4, 0.5) is 0 Å². The lowest BCUT2D eigenvalue weighted by atomic mass is 10.1. The van der Waals surface area contributed by atoms with Crippen LogP contribution in [0.15, 0.2) is 0 Å². The summed E-state index contributed by atoms with van der Waals surface area (Å²) in [7, 11) is 1.59. The minimum atomic E-state index is -0.915. The van der Waals surface area contributed by atoms with Gasteiger partial charge in [-0.25, -0.2) is 0 Å². The average molecular weight is 204 g/mol. The Bertz CT molecular complexity index is 217. The maximum Gasteiger partial charge on any atom is 0.184 e. The normalized spacial score (nSPS) is 45.4. The number of aliphatic hydroxyl groups is 1. The van der Waals surface area contributed by atoms with Gasteiger partial charge in [-0.3, -0.25) is 0 Å². The van der Waals surface area contributed by atoms with Crippen LogP contribution in [-0.2, 0) is 18.9 Å². The average Bonchev–Trinajstić information content (AvgIpc) is 2.51. The maximum atomic E-state index is 9.55. The van der Waals surface area contributed by atoms with E-state index in [1.807, 2.05) is 13.8 Å². The lowest BCUT2D eigenvalue weighted by Gasteiger charge is -2.22.